The van der Waals surface area contributed by atoms with E-state index in [-0.39, 0.29) is 0 Å². The molecule has 26 heavy (non-hydrogen) atoms. The average molecular weight is 366 g/mol. The molecule has 1 saturated heterocycles. The topological polar surface area (TPSA) is 41.5 Å². The van der Waals surface area contributed by atoms with Crippen LogP contribution in [0.25, 0.3) is 0 Å². The van der Waals surface area contributed by atoms with Crippen molar-refractivity contribution >= 4 is 5.82 Å². The van der Waals surface area contributed by atoms with E-state index in [1.165, 1.54) is 5.56 Å². The number of aromatic nitrogens is 2. The molecule has 0 N–H and O–H groups in total. The van der Waals surface area contributed by atoms with Crippen molar-refractivity contribution in [2.45, 2.75) is 12.6 Å². The first-order chi connectivity index (χ1) is 12.5. The number of methoxy groups -OCH3 is 1. The van der Waals surface area contributed by atoms with E-state index in [1.54, 1.807) is 7.11 Å². The molecule has 0 saturated carbocycles. The lowest BCUT2D eigenvalue weighted by atomic mass is 10.1. The van der Waals surface area contributed by atoms with Gasteiger partial charge in [-0.25, -0.2) is 9.97 Å². The number of nitrogens with zero attached hydrogens (tertiary/aromatic N) is 4. The number of alkyl halides is 3. The maximum Gasteiger partial charge on any atom is 0.433 e. The molecule has 0 bridgehead atoms. The molecule has 1 aliphatic heterocycles. The summed E-state index contributed by atoms with van der Waals surface area (Å²) in [5.74, 6) is 1.17. The van der Waals surface area contributed by atoms with Crippen molar-refractivity contribution in [3.05, 3.63) is 47.9 Å². The lowest BCUT2D eigenvalue weighted by molar-refractivity contribution is -0.141. The maximum atomic E-state index is 12.8. The van der Waals surface area contributed by atoms with Crippen LogP contribution in [0.1, 0.15) is 11.3 Å². The van der Waals surface area contributed by atoms with E-state index in [0.717, 1.165) is 44.2 Å². The molecule has 3 rings (SSSR count). The minimum Gasteiger partial charge on any atom is -0.497 e. The fraction of sp³-hybridized carbons (Fsp3) is 0.444. The first-order valence-corrected chi connectivity index (χ1v) is 8.45. The summed E-state index contributed by atoms with van der Waals surface area (Å²) >= 11 is 0. The van der Waals surface area contributed by atoms with Gasteiger partial charge in [-0.2, -0.15) is 13.2 Å². The normalized spacial score (nSPS) is 15.9. The first kappa shape index (κ1) is 18.4. The van der Waals surface area contributed by atoms with Gasteiger partial charge in [0.1, 0.15) is 23.6 Å². The number of ether oxygens (including phenoxy) is 1. The molecule has 1 fully saturated rings. The van der Waals surface area contributed by atoms with Crippen LogP contribution in [-0.4, -0.2) is 54.7 Å². The van der Waals surface area contributed by atoms with E-state index in [4.69, 9.17) is 4.74 Å². The summed E-state index contributed by atoms with van der Waals surface area (Å²) in [6, 6.07) is 9.01. The molecule has 1 aromatic carbocycles. The number of hydrogen-bond acceptors (Lipinski definition) is 5. The summed E-state index contributed by atoms with van der Waals surface area (Å²) in [6.45, 7) is 3.80. The summed E-state index contributed by atoms with van der Waals surface area (Å²) < 4.78 is 43.5. The third kappa shape index (κ3) is 4.63. The smallest absolute Gasteiger partial charge is 0.433 e. The molecule has 0 amide bonds. The molecule has 2 heterocycles. The van der Waals surface area contributed by atoms with Crippen LogP contribution >= 0.6 is 0 Å². The van der Waals surface area contributed by atoms with Crippen LogP contribution in [0.3, 0.4) is 0 Å². The Labute approximate surface area is 150 Å². The van der Waals surface area contributed by atoms with Crippen molar-refractivity contribution in [1.82, 2.24) is 14.9 Å². The third-order valence-electron chi connectivity index (χ3n) is 4.52. The van der Waals surface area contributed by atoms with Gasteiger partial charge in [-0.05, 0) is 24.1 Å². The van der Waals surface area contributed by atoms with E-state index < -0.39 is 11.9 Å². The summed E-state index contributed by atoms with van der Waals surface area (Å²) in [4.78, 5) is 11.5. The fourth-order valence-electron chi connectivity index (χ4n) is 2.95. The Balaban J connectivity index is 1.51. The van der Waals surface area contributed by atoms with Gasteiger partial charge in [-0.15, -0.1) is 0 Å². The molecular formula is C18H21F3N4O. The second-order valence-electron chi connectivity index (χ2n) is 6.19. The van der Waals surface area contributed by atoms with Crippen LogP contribution < -0.4 is 9.64 Å². The first-order valence-electron chi connectivity index (χ1n) is 8.45. The molecule has 1 aliphatic rings. The predicted molar refractivity (Wildman–Crippen MR) is 92.4 cm³/mol. The number of benzene rings is 1. The Bertz CT molecular complexity index is 713. The molecule has 5 nitrogen and oxygen atoms in total. The standard InChI is InChI=1S/C18H21F3N4O/c1-26-15-4-2-14(3-5-15)6-7-24-8-10-25(11-9-24)17-12-16(18(19,20)21)22-13-23-17/h2-5,12-13H,6-11H2,1H3. The molecule has 8 heteroatoms. The Morgan fingerprint density at radius 3 is 2.35 bits per heavy atom. The Kier molecular flexibility index (Phi) is 5.61. The van der Waals surface area contributed by atoms with Crippen molar-refractivity contribution in [2.24, 2.45) is 0 Å². The molecule has 0 aliphatic carbocycles. The minimum atomic E-state index is -4.45. The quantitative estimate of drug-likeness (QED) is 0.814. The van der Waals surface area contributed by atoms with Gasteiger partial charge < -0.3 is 9.64 Å². The van der Waals surface area contributed by atoms with Gasteiger partial charge in [0.2, 0.25) is 0 Å². The zero-order chi connectivity index (χ0) is 18.6. The van der Waals surface area contributed by atoms with Crippen molar-refractivity contribution < 1.29 is 17.9 Å². The van der Waals surface area contributed by atoms with E-state index in [9.17, 15) is 13.2 Å². The Morgan fingerprint density at radius 1 is 1.04 bits per heavy atom. The van der Waals surface area contributed by atoms with Gasteiger partial charge in [0.05, 0.1) is 7.11 Å². The van der Waals surface area contributed by atoms with Crippen LogP contribution in [0.2, 0.25) is 0 Å². The van der Waals surface area contributed by atoms with Gasteiger partial charge in [0.25, 0.3) is 0 Å². The summed E-state index contributed by atoms with van der Waals surface area (Å²) in [5, 5.41) is 0. The summed E-state index contributed by atoms with van der Waals surface area (Å²) in [5.41, 5.74) is 0.336. The monoisotopic (exact) mass is 366 g/mol. The highest BCUT2D eigenvalue weighted by Crippen LogP contribution is 2.29. The summed E-state index contributed by atoms with van der Waals surface area (Å²) in [7, 11) is 1.64. The van der Waals surface area contributed by atoms with Gasteiger partial charge in [-0.3, -0.25) is 4.90 Å². The van der Waals surface area contributed by atoms with Crippen molar-refractivity contribution in [3.63, 3.8) is 0 Å². The van der Waals surface area contributed by atoms with E-state index in [2.05, 4.69) is 27.0 Å². The Morgan fingerprint density at radius 2 is 1.73 bits per heavy atom. The highest BCUT2D eigenvalue weighted by Gasteiger charge is 2.33. The van der Waals surface area contributed by atoms with Crippen molar-refractivity contribution in [3.8, 4) is 5.75 Å². The van der Waals surface area contributed by atoms with E-state index in [0.29, 0.717) is 18.9 Å². The van der Waals surface area contributed by atoms with Gasteiger partial charge >= 0.3 is 6.18 Å². The largest absolute Gasteiger partial charge is 0.497 e. The lowest BCUT2D eigenvalue weighted by Crippen LogP contribution is -2.47. The molecular weight excluding hydrogens is 345 g/mol. The van der Waals surface area contributed by atoms with Crippen LogP contribution in [0.4, 0.5) is 19.0 Å². The molecule has 0 atom stereocenters. The van der Waals surface area contributed by atoms with Gasteiger partial charge in [-0.1, -0.05) is 12.1 Å². The number of anilines is 1. The number of hydrogen-bond donors (Lipinski definition) is 0. The maximum absolute atomic E-state index is 12.8. The zero-order valence-electron chi connectivity index (χ0n) is 14.5. The fourth-order valence-corrected chi connectivity index (χ4v) is 2.95. The highest BCUT2D eigenvalue weighted by molar-refractivity contribution is 5.40. The van der Waals surface area contributed by atoms with Gasteiger partial charge in [0, 0.05) is 38.8 Å². The van der Waals surface area contributed by atoms with Crippen LogP contribution in [0, 0.1) is 0 Å². The molecule has 0 radical (unpaired) electrons. The average Bonchev–Trinajstić information content (AvgIpc) is 2.66. The van der Waals surface area contributed by atoms with Crippen molar-refractivity contribution in [2.75, 3.05) is 44.7 Å². The van der Waals surface area contributed by atoms with Crippen molar-refractivity contribution in [1.29, 1.82) is 0 Å². The number of halogens is 3. The molecule has 2 aromatic rings. The number of piperazine rings is 1. The molecule has 0 unspecified atom stereocenters. The highest BCUT2D eigenvalue weighted by atomic mass is 19.4. The van der Waals surface area contributed by atoms with E-state index in [1.807, 2.05) is 17.0 Å². The lowest BCUT2D eigenvalue weighted by Gasteiger charge is -2.35. The predicted octanol–water partition coefficient (Wildman–Crippen LogP) is 2.87. The zero-order valence-corrected chi connectivity index (χ0v) is 14.5. The SMILES string of the molecule is COc1ccc(CCN2CCN(c3cc(C(F)(F)F)ncn3)CC2)cc1. The second kappa shape index (κ2) is 7.90. The van der Waals surface area contributed by atoms with Crippen LogP contribution in [0.5, 0.6) is 5.75 Å². The van der Waals surface area contributed by atoms with Gasteiger partial charge in [0.15, 0.2) is 0 Å². The minimum absolute atomic E-state index is 0.335. The van der Waals surface area contributed by atoms with Crippen LogP contribution in [0.15, 0.2) is 36.7 Å². The Hall–Kier alpha value is -2.35. The molecule has 140 valence electrons. The summed E-state index contributed by atoms with van der Waals surface area (Å²) in [6.07, 6.45) is -2.54. The van der Waals surface area contributed by atoms with Crippen LogP contribution in [-0.2, 0) is 12.6 Å². The van der Waals surface area contributed by atoms with E-state index >= 15 is 0 Å². The number of rotatable bonds is 5. The molecule has 1 aromatic heterocycles. The second-order valence-corrected chi connectivity index (χ2v) is 6.19. The molecule has 0 spiro atoms. The third-order valence-corrected chi connectivity index (χ3v) is 4.52.